The Hall–Kier alpha value is -2.62. The molecule has 1 aromatic carbocycles. The lowest BCUT2D eigenvalue weighted by Crippen LogP contribution is -1.84. The van der Waals surface area contributed by atoms with Crippen molar-refractivity contribution in [1.82, 2.24) is 9.97 Å². The number of hydrogen-bond acceptors (Lipinski definition) is 3. The standard InChI is InChI=1S/C14H11N3O/c18-17-8-10-1-3-11(4-2-10)13-7-12-5-6-15-14(12)16-9-13/h1-9,18H,(H,15,16). The van der Waals surface area contributed by atoms with E-state index in [0.29, 0.717) is 0 Å². The summed E-state index contributed by atoms with van der Waals surface area (Å²) in [7, 11) is 0. The monoisotopic (exact) mass is 237 g/mol. The molecule has 0 bridgehead atoms. The number of aromatic amines is 1. The second-order valence-corrected chi connectivity index (χ2v) is 4.01. The Labute approximate surface area is 104 Å². The first kappa shape index (κ1) is 10.5. The Kier molecular flexibility index (Phi) is 2.53. The Morgan fingerprint density at radius 3 is 2.72 bits per heavy atom. The highest BCUT2D eigenvalue weighted by Gasteiger charge is 2.01. The molecule has 0 fully saturated rings. The number of pyridine rings is 1. The summed E-state index contributed by atoms with van der Waals surface area (Å²) >= 11 is 0. The summed E-state index contributed by atoms with van der Waals surface area (Å²) < 4.78 is 0. The van der Waals surface area contributed by atoms with E-state index in [-0.39, 0.29) is 0 Å². The van der Waals surface area contributed by atoms with Gasteiger partial charge in [-0.2, -0.15) is 0 Å². The summed E-state index contributed by atoms with van der Waals surface area (Å²) in [4.78, 5) is 7.42. The highest BCUT2D eigenvalue weighted by molar-refractivity contribution is 5.83. The lowest BCUT2D eigenvalue weighted by molar-refractivity contribution is 0.322. The Morgan fingerprint density at radius 2 is 1.94 bits per heavy atom. The van der Waals surface area contributed by atoms with Gasteiger partial charge in [0.05, 0.1) is 6.21 Å². The van der Waals surface area contributed by atoms with Crippen molar-refractivity contribution in [2.75, 3.05) is 0 Å². The SMILES string of the molecule is ON=Cc1ccc(-c2cnc3[nH]ccc3c2)cc1. The second kappa shape index (κ2) is 4.33. The summed E-state index contributed by atoms with van der Waals surface area (Å²) in [6.07, 6.45) is 5.12. The van der Waals surface area contributed by atoms with Crippen LogP contribution in [0.15, 0.2) is 53.9 Å². The number of nitrogens with one attached hydrogen (secondary N) is 1. The number of hydrogen-bond donors (Lipinski definition) is 2. The lowest BCUT2D eigenvalue weighted by atomic mass is 10.1. The smallest absolute Gasteiger partial charge is 0.137 e. The normalized spacial score (nSPS) is 11.3. The van der Waals surface area contributed by atoms with E-state index in [2.05, 4.69) is 21.2 Å². The average Bonchev–Trinajstić information content (AvgIpc) is 2.87. The maximum atomic E-state index is 8.46. The minimum absolute atomic E-state index is 0.858. The van der Waals surface area contributed by atoms with E-state index < -0.39 is 0 Å². The third-order valence-corrected chi connectivity index (χ3v) is 2.85. The van der Waals surface area contributed by atoms with Gasteiger partial charge in [0.25, 0.3) is 0 Å². The van der Waals surface area contributed by atoms with E-state index in [9.17, 15) is 0 Å². The fraction of sp³-hybridized carbons (Fsp3) is 0. The third-order valence-electron chi connectivity index (χ3n) is 2.85. The molecule has 0 aliphatic heterocycles. The van der Waals surface area contributed by atoms with Gasteiger partial charge in [0, 0.05) is 23.3 Å². The number of rotatable bonds is 2. The van der Waals surface area contributed by atoms with Crippen LogP contribution < -0.4 is 0 Å². The van der Waals surface area contributed by atoms with Crippen molar-refractivity contribution >= 4 is 17.2 Å². The van der Waals surface area contributed by atoms with E-state index in [1.165, 1.54) is 6.21 Å². The molecular formula is C14H11N3O. The first-order chi connectivity index (χ1) is 8.86. The van der Waals surface area contributed by atoms with Gasteiger partial charge in [-0.3, -0.25) is 0 Å². The number of fused-ring (bicyclic) bond motifs is 1. The molecule has 0 aliphatic rings. The molecule has 0 atom stereocenters. The third kappa shape index (κ3) is 1.84. The van der Waals surface area contributed by atoms with Crippen LogP contribution in [0.3, 0.4) is 0 Å². The van der Waals surface area contributed by atoms with E-state index in [4.69, 9.17) is 5.21 Å². The molecular weight excluding hydrogens is 226 g/mol. The van der Waals surface area contributed by atoms with Crippen LogP contribution in [0.25, 0.3) is 22.2 Å². The van der Waals surface area contributed by atoms with Crippen LogP contribution in [0, 0.1) is 0 Å². The van der Waals surface area contributed by atoms with Gasteiger partial charge in [0.15, 0.2) is 0 Å². The van der Waals surface area contributed by atoms with Crippen LogP contribution in [0.4, 0.5) is 0 Å². The van der Waals surface area contributed by atoms with E-state index in [1.807, 2.05) is 42.7 Å². The largest absolute Gasteiger partial charge is 0.411 e. The number of benzene rings is 1. The molecule has 88 valence electrons. The molecule has 0 saturated heterocycles. The predicted molar refractivity (Wildman–Crippen MR) is 70.9 cm³/mol. The van der Waals surface area contributed by atoms with Gasteiger partial charge in [-0.15, -0.1) is 0 Å². The molecule has 0 saturated carbocycles. The van der Waals surface area contributed by atoms with Crippen molar-refractivity contribution < 1.29 is 5.21 Å². The molecule has 3 rings (SSSR count). The van der Waals surface area contributed by atoms with Crippen LogP contribution in [0.5, 0.6) is 0 Å². The quantitative estimate of drug-likeness (QED) is 0.409. The molecule has 0 spiro atoms. The maximum Gasteiger partial charge on any atom is 0.137 e. The van der Waals surface area contributed by atoms with E-state index >= 15 is 0 Å². The molecule has 0 radical (unpaired) electrons. The molecule has 4 nitrogen and oxygen atoms in total. The number of H-pyrrole nitrogens is 1. The molecule has 0 amide bonds. The predicted octanol–water partition coefficient (Wildman–Crippen LogP) is 3.04. The Bertz CT molecular complexity index is 698. The van der Waals surface area contributed by atoms with Crippen molar-refractivity contribution in [1.29, 1.82) is 0 Å². The molecule has 3 aromatic rings. The van der Waals surface area contributed by atoms with Crippen molar-refractivity contribution in [2.45, 2.75) is 0 Å². The Balaban J connectivity index is 2.02. The van der Waals surface area contributed by atoms with E-state index in [0.717, 1.165) is 27.7 Å². The van der Waals surface area contributed by atoms with E-state index in [1.54, 1.807) is 0 Å². The van der Waals surface area contributed by atoms with Gasteiger partial charge in [-0.05, 0) is 23.3 Å². The zero-order valence-corrected chi connectivity index (χ0v) is 9.54. The minimum Gasteiger partial charge on any atom is -0.411 e. The fourth-order valence-corrected chi connectivity index (χ4v) is 1.93. The summed E-state index contributed by atoms with van der Waals surface area (Å²) in [6, 6.07) is 11.8. The molecule has 4 heteroatoms. The first-order valence-electron chi connectivity index (χ1n) is 5.58. The topological polar surface area (TPSA) is 61.3 Å². The van der Waals surface area contributed by atoms with Gasteiger partial charge >= 0.3 is 0 Å². The van der Waals surface area contributed by atoms with Crippen LogP contribution in [0.2, 0.25) is 0 Å². The molecule has 2 aromatic heterocycles. The first-order valence-corrected chi connectivity index (χ1v) is 5.58. The van der Waals surface area contributed by atoms with Crippen LogP contribution in [-0.4, -0.2) is 21.4 Å². The zero-order chi connectivity index (χ0) is 12.4. The van der Waals surface area contributed by atoms with Crippen LogP contribution in [0.1, 0.15) is 5.56 Å². The fourth-order valence-electron chi connectivity index (χ4n) is 1.93. The summed E-state index contributed by atoms with van der Waals surface area (Å²) in [5.41, 5.74) is 3.90. The molecule has 0 unspecified atom stereocenters. The second-order valence-electron chi connectivity index (χ2n) is 4.01. The van der Waals surface area contributed by atoms with Gasteiger partial charge in [0.2, 0.25) is 0 Å². The van der Waals surface area contributed by atoms with Crippen molar-refractivity contribution in [3.8, 4) is 11.1 Å². The minimum atomic E-state index is 0.858. The maximum absolute atomic E-state index is 8.46. The summed E-state index contributed by atoms with van der Waals surface area (Å²) in [5, 5.41) is 12.5. The summed E-state index contributed by atoms with van der Waals surface area (Å²) in [6.45, 7) is 0. The zero-order valence-electron chi connectivity index (χ0n) is 9.54. The molecule has 2 N–H and O–H groups in total. The molecule has 18 heavy (non-hydrogen) atoms. The van der Waals surface area contributed by atoms with Crippen LogP contribution >= 0.6 is 0 Å². The van der Waals surface area contributed by atoms with Crippen molar-refractivity contribution in [3.63, 3.8) is 0 Å². The van der Waals surface area contributed by atoms with Gasteiger partial charge in [-0.1, -0.05) is 29.4 Å². The summed E-state index contributed by atoms with van der Waals surface area (Å²) in [5.74, 6) is 0. The molecule has 2 heterocycles. The number of aromatic nitrogens is 2. The average molecular weight is 237 g/mol. The highest BCUT2D eigenvalue weighted by Crippen LogP contribution is 2.22. The number of oxime groups is 1. The van der Waals surface area contributed by atoms with Crippen LogP contribution in [-0.2, 0) is 0 Å². The van der Waals surface area contributed by atoms with Gasteiger partial charge < -0.3 is 10.2 Å². The molecule has 0 aliphatic carbocycles. The van der Waals surface area contributed by atoms with Gasteiger partial charge in [0.1, 0.15) is 5.65 Å². The number of nitrogens with zero attached hydrogens (tertiary/aromatic N) is 2. The Morgan fingerprint density at radius 1 is 1.11 bits per heavy atom. The lowest BCUT2D eigenvalue weighted by Gasteiger charge is -2.02. The highest BCUT2D eigenvalue weighted by atomic mass is 16.4. The van der Waals surface area contributed by atoms with Gasteiger partial charge in [-0.25, -0.2) is 4.98 Å². The van der Waals surface area contributed by atoms with Crippen molar-refractivity contribution in [3.05, 3.63) is 54.4 Å². The van der Waals surface area contributed by atoms with Crippen molar-refractivity contribution in [2.24, 2.45) is 5.16 Å².